The van der Waals surface area contributed by atoms with E-state index in [-0.39, 0.29) is 0 Å². The van der Waals surface area contributed by atoms with Crippen LogP contribution >= 0.6 is 0 Å². The molecule has 0 saturated heterocycles. The minimum atomic E-state index is -0.470. The van der Waals surface area contributed by atoms with Crippen LogP contribution in [0.15, 0.2) is 39.6 Å². The van der Waals surface area contributed by atoms with Gasteiger partial charge in [-0.2, -0.15) is 5.16 Å². The first-order valence-electron chi connectivity index (χ1n) is 5.54. The normalized spacial score (nSPS) is 17.7. The van der Waals surface area contributed by atoms with Crippen molar-refractivity contribution in [3.05, 3.63) is 41.1 Å². The van der Waals surface area contributed by atoms with Gasteiger partial charge in [-0.05, 0) is 19.9 Å². The van der Waals surface area contributed by atoms with Crippen molar-refractivity contribution in [2.75, 3.05) is 0 Å². The zero-order valence-corrected chi connectivity index (χ0v) is 10.4. The fourth-order valence-electron chi connectivity index (χ4n) is 1.46. The minimum Gasteiger partial charge on any atom is -0.544 e. The van der Waals surface area contributed by atoms with E-state index in [1.165, 1.54) is 0 Å². The first kappa shape index (κ1) is 12.8. The van der Waals surface area contributed by atoms with Crippen LogP contribution in [0.25, 0.3) is 6.08 Å². The molecule has 0 aliphatic carbocycles. The Kier molecular flexibility index (Phi) is 3.61. The molecule has 1 aliphatic heterocycles. The highest BCUT2D eigenvalue weighted by atomic mass is 16.7. The van der Waals surface area contributed by atoms with Crippen LogP contribution in [0.4, 0.5) is 0 Å². The van der Waals surface area contributed by atoms with E-state index in [1.54, 1.807) is 44.2 Å². The van der Waals surface area contributed by atoms with Crippen molar-refractivity contribution >= 4 is 17.8 Å². The molecule has 0 fully saturated rings. The molecule has 0 spiro atoms. The highest BCUT2D eigenvalue weighted by Gasteiger charge is 2.20. The van der Waals surface area contributed by atoms with Crippen LogP contribution < -0.4 is 5.11 Å². The second-order valence-corrected chi connectivity index (χ2v) is 3.85. The molecule has 19 heavy (non-hydrogen) atoms. The van der Waals surface area contributed by atoms with Gasteiger partial charge in [0.2, 0.25) is 0 Å². The largest absolute Gasteiger partial charge is 0.544 e. The van der Waals surface area contributed by atoms with E-state index in [4.69, 9.17) is 0 Å². The molecule has 6 nitrogen and oxygen atoms in total. The van der Waals surface area contributed by atoms with Gasteiger partial charge in [-0.15, -0.1) is 0 Å². The number of carbonyl (C=O) groups is 1. The van der Waals surface area contributed by atoms with E-state index in [9.17, 15) is 9.90 Å². The Morgan fingerprint density at radius 1 is 1.21 bits per heavy atom. The Morgan fingerprint density at radius 2 is 2.00 bits per heavy atom. The maximum atomic E-state index is 11.2. The van der Waals surface area contributed by atoms with E-state index in [2.05, 4.69) is 19.7 Å². The summed E-state index contributed by atoms with van der Waals surface area (Å²) in [5, 5.41) is 18.3. The lowest BCUT2D eigenvalue weighted by Gasteiger charge is -1.93. The topological polar surface area (TPSA) is 87.8 Å². The minimum absolute atomic E-state index is 0.412. The molecule has 0 saturated carbocycles. The smallest absolute Gasteiger partial charge is 0.367 e. The molecule has 1 aromatic heterocycles. The Balaban J connectivity index is 2.03. The summed E-state index contributed by atoms with van der Waals surface area (Å²) in [5.41, 5.74) is 1.90. The fourth-order valence-corrected chi connectivity index (χ4v) is 1.46. The summed E-state index contributed by atoms with van der Waals surface area (Å²) >= 11 is 0. The highest BCUT2D eigenvalue weighted by Crippen LogP contribution is 2.18. The predicted molar refractivity (Wildman–Crippen MR) is 66.1 cm³/mol. The van der Waals surface area contributed by atoms with Gasteiger partial charge in [0.15, 0.2) is 0 Å². The fraction of sp³-hybridized carbons (Fsp3) is 0.154. The third-order valence-corrected chi connectivity index (χ3v) is 2.50. The Hall–Kier alpha value is -2.63. The van der Waals surface area contributed by atoms with Crippen molar-refractivity contribution in [2.45, 2.75) is 13.8 Å². The number of aromatic nitrogens is 1. The van der Waals surface area contributed by atoms with Crippen LogP contribution in [0.1, 0.15) is 18.2 Å². The summed E-state index contributed by atoms with van der Waals surface area (Å²) in [6, 6.07) is 0. The van der Waals surface area contributed by atoms with Crippen molar-refractivity contribution in [2.24, 2.45) is 5.16 Å². The SMILES string of the molecule is CC1=NOC(=O)/C1=C\C=CC=Cc1c(C)noc1[O-]. The summed E-state index contributed by atoms with van der Waals surface area (Å²) in [5.74, 6) is -0.939. The maximum absolute atomic E-state index is 11.2. The lowest BCUT2D eigenvalue weighted by atomic mass is 10.1. The number of carbonyl (C=O) groups excluding carboxylic acids is 1. The molecule has 6 heteroatoms. The van der Waals surface area contributed by atoms with Gasteiger partial charge >= 0.3 is 5.97 Å². The summed E-state index contributed by atoms with van der Waals surface area (Å²) in [6.45, 7) is 3.37. The van der Waals surface area contributed by atoms with E-state index < -0.39 is 11.9 Å². The third-order valence-electron chi connectivity index (χ3n) is 2.50. The molecule has 0 atom stereocenters. The molecule has 0 radical (unpaired) electrons. The molecule has 0 amide bonds. The van der Waals surface area contributed by atoms with Gasteiger partial charge < -0.3 is 14.5 Å². The quantitative estimate of drug-likeness (QED) is 0.466. The number of nitrogens with zero attached hydrogens (tertiary/aromatic N) is 2. The molecule has 0 unspecified atom stereocenters. The van der Waals surface area contributed by atoms with E-state index in [1.807, 2.05) is 0 Å². The summed E-state index contributed by atoms with van der Waals surface area (Å²) in [7, 11) is 0. The van der Waals surface area contributed by atoms with Crippen LogP contribution in [0, 0.1) is 6.92 Å². The Bertz CT molecular complexity index is 601. The molecular weight excluding hydrogens is 248 g/mol. The van der Waals surface area contributed by atoms with Crippen LogP contribution in [-0.2, 0) is 9.63 Å². The van der Waals surface area contributed by atoms with Crippen LogP contribution in [0.5, 0.6) is 5.95 Å². The van der Waals surface area contributed by atoms with Gasteiger partial charge in [-0.3, -0.25) is 0 Å². The molecule has 1 aliphatic rings. The highest BCUT2D eigenvalue weighted by molar-refractivity contribution is 6.21. The van der Waals surface area contributed by atoms with Gasteiger partial charge in [0, 0.05) is 5.56 Å². The van der Waals surface area contributed by atoms with Crippen LogP contribution in [0.2, 0.25) is 0 Å². The number of hydrogen-bond donors (Lipinski definition) is 0. The number of aryl methyl sites for hydroxylation is 1. The van der Waals surface area contributed by atoms with Crippen LogP contribution in [0.3, 0.4) is 0 Å². The van der Waals surface area contributed by atoms with Crippen molar-refractivity contribution in [3.8, 4) is 5.95 Å². The van der Waals surface area contributed by atoms with Crippen molar-refractivity contribution in [1.29, 1.82) is 0 Å². The molecular formula is C13H11N2O4-. The van der Waals surface area contributed by atoms with E-state index in [0.29, 0.717) is 22.5 Å². The van der Waals surface area contributed by atoms with Crippen molar-refractivity contribution < 1.29 is 19.3 Å². The third kappa shape index (κ3) is 2.79. The molecule has 2 heterocycles. The zero-order valence-electron chi connectivity index (χ0n) is 10.4. The van der Waals surface area contributed by atoms with Crippen molar-refractivity contribution in [3.63, 3.8) is 0 Å². The molecule has 2 rings (SSSR count). The number of oxime groups is 1. The Morgan fingerprint density at radius 3 is 2.58 bits per heavy atom. The summed E-state index contributed by atoms with van der Waals surface area (Å²) in [6.07, 6.45) is 8.18. The van der Waals surface area contributed by atoms with Crippen molar-refractivity contribution in [1.82, 2.24) is 5.16 Å². The second-order valence-electron chi connectivity index (χ2n) is 3.85. The zero-order chi connectivity index (χ0) is 13.8. The number of allylic oxidation sites excluding steroid dienone is 4. The molecule has 98 valence electrons. The second kappa shape index (κ2) is 5.34. The Labute approximate surface area is 109 Å². The van der Waals surface area contributed by atoms with Gasteiger partial charge in [-0.25, -0.2) is 4.79 Å². The molecule has 0 N–H and O–H groups in total. The van der Waals surface area contributed by atoms with Gasteiger partial charge in [0.25, 0.3) is 0 Å². The number of hydrogen-bond acceptors (Lipinski definition) is 6. The first-order chi connectivity index (χ1) is 9.09. The molecule has 0 aromatic carbocycles. The van der Waals surface area contributed by atoms with Gasteiger partial charge in [-0.1, -0.05) is 29.5 Å². The van der Waals surface area contributed by atoms with Gasteiger partial charge in [0.1, 0.15) is 0 Å². The van der Waals surface area contributed by atoms with Crippen LogP contribution in [-0.4, -0.2) is 16.8 Å². The lowest BCUT2D eigenvalue weighted by Crippen LogP contribution is -2.01. The first-order valence-corrected chi connectivity index (χ1v) is 5.54. The average molecular weight is 259 g/mol. The maximum Gasteiger partial charge on any atom is 0.367 e. The number of rotatable bonds is 3. The average Bonchev–Trinajstić information content (AvgIpc) is 2.86. The standard InChI is InChI=1S/C13H12N2O4/c1-8-10(12(16)18-14-8)6-4-3-5-7-11-9(2)15-19-13(11)17/h3-7,16H,1-2H3/p-1/b5-3?,6-4?,11-7-. The monoisotopic (exact) mass is 259 g/mol. The summed E-state index contributed by atoms with van der Waals surface area (Å²) in [4.78, 5) is 15.7. The predicted octanol–water partition coefficient (Wildman–Crippen LogP) is 1.49. The lowest BCUT2D eigenvalue weighted by molar-refractivity contribution is -0.297. The molecule has 1 aromatic rings. The van der Waals surface area contributed by atoms with Gasteiger partial charge in [0.05, 0.1) is 22.9 Å². The van der Waals surface area contributed by atoms with E-state index in [0.717, 1.165) is 0 Å². The van der Waals surface area contributed by atoms with E-state index >= 15 is 0 Å². The summed E-state index contributed by atoms with van der Waals surface area (Å²) < 4.78 is 4.49. The molecule has 0 bridgehead atoms.